The number of hydrogen-bond acceptors (Lipinski definition) is 2. The summed E-state index contributed by atoms with van der Waals surface area (Å²) in [5.41, 5.74) is 1.35. The summed E-state index contributed by atoms with van der Waals surface area (Å²) in [4.78, 5) is 0. The molecule has 0 saturated heterocycles. The molecule has 0 bridgehead atoms. The minimum absolute atomic E-state index is 0.425. The smallest absolute Gasteiger partial charge is 0.119 e. The van der Waals surface area contributed by atoms with Crippen LogP contribution in [-0.2, 0) is 0 Å². The van der Waals surface area contributed by atoms with E-state index in [1.807, 2.05) is 0 Å². The molecule has 118 valence electrons. The lowest BCUT2D eigenvalue weighted by molar-refractivity contribution is 0.317. The molecule has 0 amide bonds. The van der Waals surface area contributed by atoms with Gasteiger partial charge in [0, 0.05) is 6.04 Å². The van der Waals surface area contributed by atoms with Gasteiger partial charge in [-0.3, -0.25) is 0 Å². The van der Waals surface area contributed by atoms with Crippen LogP contribution in [0.2, 0.25) is 0 Å². The molecule has 1 atom stereocenters. The van der Waals surface area contributed by atoms with Crippen LogP contribution < -0.4 is 10.1 Å². The fourth-order valence-corrected chi connectivity index (χ4v) is 3.17. The van der Waals surface area contributed by atoms with Gasteiger partial charge in [-0.15, -0.1) is 0 Å². The Labute approximate surface area is 130 Å². The quantitative estimate of drug-likeness (QED) is 0.719. The van der Waals surface area contributed by atoms with Gasteiger partial charge >= 0.3 is 0 Å². The number of ether oxygens (including phenoxy) is 1. The Bertz CT molecular complexity index is 381. The number of rotatable bonds is 8. The van der Waals surface area contributed by atoms with Gasteiger partial charge in [-0.25, -0.2) is 0 Å². The Balaban J connectivity index is 1.70. The molecule has 1 unspecified atom stereocenters. The summed E-state index contributed by atoms with van der Waals surface area (Å²) in [6, 6.07) is 8.97. The first-order valence-electron chi connectivity index (χ1n) is 8.75. The minimum Gasteiger partial charge on any atom is -0.494 e. The van der Waals surface area contributed by atoms with Crippen LogP contribution in [0.1, 0.15) is 70.4 Å². The molecular formula is C19H31NO. The van der Waals surface area contributed by atoms with Crippen molar-refractivity contribution in [2.75, 3.05) is 13.2 Å². The topological polar surface area (TPSA) is 21.3 Å². The monoisotopic (exact) mass is 289 g/mol. The number of hydrogen-bond donors (Lipinski definition) is 1. The first kappa shape index (κ1) is 16.4. The first-order chi connectivity index (χ1) is 10.3. The zero-order valence-electron chi connectivity index (χ0n) is 13.7. The molecule has 1 saturated carbocycles. The van der Waals surface area contributed by atoms with E-state index in [9.17, 15) is 0 Å². The Morgan fingerprint density at radius 3 is 2.52 bits per heavy atom. The minimum atomic E-state index is 0.425. The maximum Gasteiger partial charge on any atom is 0.119 e. The SMILES string of the molecule is CCCOc1ccc(C(C)NCCC2CCCCC2)cc1. The largest absolute Gasteiger partial charge is 0.494 e. The molecule has 1 fully saturated rings. The Kier molecular flexibility index (Phi) is 7.08. The van der Waals surface area contributed by atoms with Crippen LogP contribution in [-0.4, -0.2) is 13.2 Å². The van der Waals surface area contributed by atoms with Gasteiger partial charge in [0.25, 0.3) is 0 Å². The van der Waals surface area contributed by atoms with E-state index in [1.54, 1.807) is 0 Å². The van der Waals surface area contributed by atoms with Crippen molar-refractivity contribution < 1.29 is 4.74 Å². The predicted octanol–water partition coefficient (Wildman–Crippen LogP) is 5.10. The van der Waals surface area contributed by atoms with Gasteiger partial charge in [-0.1, -0.05) is 51.2 Å². The molecule has 1 aliphatic rings. The summed E-state index contributed by atoms with van der Waals surface area (Å²) < 4.78 is 5.63. The van der Waals surface area contributed by atoms with Crippen LogP contribution in [0.25, 0.3) is 0 Å². The summed E-state index contributed by atoms with van der Waals surface area (Å²) >= 11 is 0. The second kappa shape index (κ2) is 9.09. The lowest BCUT2D eigenvalue weighted by atomic mass is 9.87. The van der Waals surface area contributed by atoms with Crippen molar-refractivity contribution in [3.63, 3.8) is 0 Å². The third kappa shape index (κ3) is 5.70. The van der Waals surface area contributed by atoms with Gasteiger partial charge in [0.2, 0.25) is 0 Å². The molecule has 2 rings (SSSR count). The van der Waals surface area contributed by atoms with E-state index >= 15 is 0 Å². The van der Waals surface area contributed by atoms with Crippen molar-refractivity contribution in [2.45, 2.75) is 64.8 Å². The Morgan fingerprint density at radius 2 is 1.86 bits per heavy atom. The summed E-state index contributed by atoms with van der Waals surface area (Å²) in [6.07, 6.45) is 9.62. The summed E-state index contributed by atoms with van der Waals surface area (Å²) in [6.45, 7) is 6.32. The molecular weight excluding hydrogens is 258 g/mol. The second-order valence-corrected chi connectivity index (χ2v) is 6.39. The van der Waals surface area contributed by atoms with Crippen molar-refractivity contribution in [2.24, 2.45) is 5.92 Å². The van der Waals surface area contributed by atoms with Crippen LogP contribution >= 0.6 is 0 Å². The maximum absolute atomic E-state index is 5.63. The van der Waals surface area contributed by atoms with Gasteiger partial charge in [0.1, 0.15) is 5.75 Å². The van der Waals surface area contributed by atoms with Gasteiger partial charge in [-0.2, -0.15) is 0 Å². The molecule has 0 radical (unpaired) electrons. The molecule has 2 heteroatoms. The molecule has 0 heterocycles. The highest BCUT2D eigenvalue weighted by Gasteiger charge is 2.13. The zero-order valence-corrected chi connectivity index (χ0v) is 13.7. The third-order valence-electron chi connectivity index (χ3n) is 4.58. The van der Waals surface area contributed by atoms with E-state index in [0.29, 0.717) is 6.04 Å². The fraction of sp³-hybridized carbons (Fsp3) is 0.684. The lowest BCUT2D eigenvalue weighted by Crippen LogP contribution is -2.22. The molecule has 21 heavy (non-hydrogen) atoms. The lowest BCUT2D eigenvalue weighted by Gasteiger charge is -2.22. The first-order valence-corrected chi connectivity index (χ1v) is 8.75. The van der Waals surface area contributed by atoms with Gasteiger partial charge in [-0.05, 0) is 49.9 Å². The van der Waals surface area contributed by atoms with E-state index in [1.165, 1.54) is 44.1 Å². The fourth-order valence-electron chi connectivity index (χ4n) is 3.17. The highest BCUT2D eigenvalue weighted by Crippen LogP contribution is 2.26. The van der Waals surface area contributed by atoms with Crippen LogP contribution in [0.4, 0.5) is 0 Å². The molecule has 0 aromatic heterocycles. The van der Waals surface area contributed by atoms with Crippen LogP contribution in [0.3, 0.4) is 0 Å². The van der Waals surface area contributed by atoms with Crippen LogP contribution in [0.15, 0.2) is 24.3 Å². The molecule has 1 aliphatic carbocycles. The van der Waals surface area contributed by atoms with E-state index in [0.717, 1.165) is 31.2 Å². The molecule has 1 aromatic carbocycles. The third-order valence-corrected chi connectivity index (χ3v) is 4.58. The molecule has 0 aliphatic heterocycles. The van der Waals surface area contributed by atoms with E-state index in [-0.39, 0.29) is 0 Å². The summed E-state index contributed by atoms with van der Waals surface area (Å²) in [5.74, 6) is 1.94. The predicted molar refractivity (Wildman–Crippen MR) is 89.8 cm³/mol. The second-order valence-electron chi connectivity index (χ2n) is 6.39. The van der Waals surface area contributed by atoms with Crippen molar-refractivity contribution >= 4 is 0 Å². The molecule has 2 nitrogen and oxygen atoms in total. The van der Waals surface area contributed by atoms with Crippen LogP contribution in [0.5, 0.6) is 5.75 Å². The highest BCUT2D eigenvalue weighted by atomic mass is 16.5. The van der Waals surface area contributed by atoms with Crippen molar-refractivity contribution in [1.82, 2.24) is 5.32 Å². The normalized spacial score (nSPS) is 17.6. The molecule has 0 spiro atoms. The standard InChI is InChI=1S/C19H31NO/c1-3-15-21-19-11-9-18(10-12-19)16(2)20-14-13-17-7-5-4-6-8-17/h9-12,16-17,20H,3-8,13-15H2,1-2H3. The van der Waals surface area contributed by atoms with Gasteiger partial charge < -0.3 is 10.1 Å². The van der Waals surface area contributed by atoms with E-state index in [4.69, 9.17) is 4.74 Å². The van der Waals surface area contributed by atoms with Gasteiger partial charge in [0.05, 0.1) is 6.61 Å². The van der Waals surface area contributed by atoms with E-state index < -0.39 is 0 Å². The van der Waals surface area contributed by atoms with Crippen molar-refractivity contribution in [1.29, 1.82) is 0 Å². The molecule has 1 aromatic rings. The molecule has 1 N–H and O–H groups in total. The van der Waals surface area contributed by atoms with Crippen molar-refractivity contribution in [3.8, 4) is 5.75 Å². The summed E-state index contributed by atoms with van der Waals surface area (Å²) in [7, 11) is 0. The van der Waals surface area contributed by atoms with Gasteiger partial charge in [0.15, 0.2) is 0 Å². The number of benzene rings is 1. The van der Waals surface area contributed by atoms with Crippen molar-refractivity contribution in [3.05, 3.63) is 29.8 Å². The van der Waals surface area contributed by atoms with E-state index in [2.05, 4.69) is 43.4 Å². The zero-order chi connectivity index (χ0) is 14.9. The average molecular weight is 289 g/mol. The average Bonchev–Trinajstić information content (AvgIpc) is 2.54. The Hall–Kier alpha value is -1.02. The summed E-state index contributed by atoms with van der Waals surface area (Å²) in [5, 5.41) is 3.67. The Morgan fingerprint density at radius 1 is 1.14 bits per heavy atom. The maximum atomic E-state index is 5.63. The number of nitrogens with one attached hydrogen (secondary N) is 1. The highest BCUT2D eigenvalue weighted by molar-refractivity contribution is 5.28. The van der Waals surface area contributed by atoms with Crippen LogP contribution in [0, 0.1) is 5.92 Å².